The fourth-order valence-electron chi connectivity index (χ4n) is 1.63. The van der Waals surface area contributed by atoms with E-state index >= 15 is 0 Å². The average Bonchev–Trinajstić information content (AvgIpc) is 2.35. The van der Waals surface area contributed by atoms with Crippen molar-refractivity contribution >= 4 is 23.2 Å². The Morgan fingerprint density at radius 1 is 1.25 bits per heavy atom. The number of fused-ring (bicyclic) bond motifs is 1. The molecule has 1 aromatic carbocycles. The molecule has 1 aliphatic carbocycles. The van der Waals surface area contributed by atoms with Crippen molar-refractivity contribution in [2.75, 3.05) is 0 Å². The fraction of sp³-hybridized carbons (Fsp3) is 0.333. The molecule has 0 saturated heterocycles. The number of rotatable bonds is 0. The van der Waals surface area contributed by atoms with Gasteiger partial charge in [-0.3, -0.25) is 0 Å². The van der Waals surface area contributed by atoms with Gasteiger partial charge in [0.1, 0.15) is 0 Å². The molecule has 1 nitrogen and oxygen atoms in total. The van der Waals surface area contributed by atoms with Gasteiger partial charge in [0.05, 0.1) is 10.0 Å². The summed E-state index contributed by atoms with van der Waals surface area (Å²) >= 11 is 11.7. The molecule has 12 heavy (non-hydrogen) atoms. The highest BCUT2D eigenvalue weighted by Gasteiger charge is 2.20. The molecule has 1 atom stereocenters. The maximum atomic E-state index is 5.87. The van der Waals surface area contributed by atoms with Gasteiger partial charge in [0.25, 0.3) is 0 Å². The summed E-state index contributed by atoms with van der Waals surface area (Å²) in [4.78, 5) is 0. The first-order chi connectivity index (χ1) is 5.68. The van der Waals surface area contributed by atoms with E-state index in [0.717, 1.165) is 18.4 Å². The highest BCUT2D eigenvalue weighted by Crippen LogP contribution is 2.35. The first-order valence-corrected chi connectivity index (χ1v) is 4.67. The predicted molar refractivity (Wildman–Crippen MR) is 51.7 cm³/mol. The highest BCUT2D eigenvalue weighted by molar-refractivity contribution is 6.42. The quantitative estimate of drug-likeness (QED) is 0.687. The van der Waals surface area contributed by atoms with Gasteiger partial charge in [-0.25, -0.2) is 0 Å². The van der Waals surface area contributed by atoms with Gasteiger partial charge in [-0.05, 0) is 36.1 Å². The minimum Gasteiger partial charge on any atom is -0.324 e. The molecule has 0 spiro atoms. The van der Waals surface area contributed by atoms with Crippen LogP contribution >= 0.6 is 23.2 Å². The van der Waals surface area contributed by atoms with Gasteiger partial charge in [-0.1, -0.05) is 23.2 Å². The molecule has 0 bridgehead atoms. The minimum atomic E-state index is 0.148. The smallest absolute Gasteiger partial charge is 0.0595 e. The number of benzene rings is 1. The number of halogens is 2. The van der Waals surface area contributed by atoms with Crippen molar-refractivity contribution in [1.82, 2.24) is 0 Å². The van der Waals surface area contributed by atoms with Crippen LogP contribution in [0.1, 0.15) is 23.6 Å². The molecule has 64 valence electrons. The molecule has 0 aromatic heterocycles. The molecule has 0 amide bonds. The van der Waals surface area contributed by atoms with Crippen LogP contribution in [0.25, 0.3) is 0 Å². The van der Waals surface area contributed by atoms with E-state index in [9.17, 15) is 0 Å². The minimum absolute atomic E-state index is 0.148. The van der Waals surface area contributed by atoms with Crippen molar-refractivity contribution < 1.29 is 0 Å². The fourth-order valence-corrected chi connectivity index (χ4v) is 1.99. The van der Waals surface area contributed by atoms with Crippen LogP contribution in [-0.2, 0) is 6.42 Å². The Balaban J connectivity index is 2.56. The SMILES string of the molecule is N[C@H]1CCc2cc(Cl)c(Cl)cc21. The largest absolute Gasteiger partial charge is 0.324 e. The van der Waals surface area contributed by atoms with Gasteiger partial charge < -0.3 is 5.73 Å². The van der Waals surface area contributed by atoms with E-state index in [1.165, 1.54) is 5.56 Å². The molecule has 0 radical (unpaired) electrons. The van der Waals surface area contributed by atoms with Crippen molar-refractivity contribution in [2.24, 2.45) is 5.73 Å². The van der Waals surface area contributed by atoms with Gasteiger partial charge in [-0.15, -0.1) is 0 Å². The third kappa shape index (κ3) is 1.22. The lowest BCUT2D eigenvalue weighted by Crippen LogP contribution is -2.04. The molecule has 2 rings (SSSR count). The van der Waals surface area contributed by atoms with Crippen LogP contribution in [0.3, 0.4) is 0 Å². The molecule has 0 heterocycles. The average molecular weight is 202 g/mol. The molecular weight excluding hydrogens is 193 g/mol. The van der Waals surface area contributed by atoms with Crippen molar-refractivity contribution in [3.63, 3.8) is 0 Å². The van der Waals surface area contributed by atoms with Crippen molar-refractivity contribution in [3.05, 3.63) is 33.3 Å². The van der Waals surface area contributed by atoms with Gasteiger partial charge in [0.2, 0.25) is 0 Å². The van der Waals surface area contributed by atoms with E-state index in [-0.39, 0.29) is 6.04 Å². The summed E-state index contributed by atoms with van der Waals surface area (Å²) in [6.45, 7) is 0. The van der Waals surface area contributed by atoms with Crippen molar-refractivity contribution in [3.8, 4) is 0 Å². The zero-order valence-corrected chi connectivity index (χ0v) is 7.99. The van der Waals surface area contributed by atoms with E-state index in [0.29, 0.717) is 10.0 Å². The summed E-state index contributed by atoms with van der Waals surface area (Å²) < 4.78 is 0. The molecule has 1 aromatic rings. The maximum absolute atomic E-state index is 5.87. The summed E-state index contributed by atoms with van der Waals surface area (Å²) in [5.41, 5.74) is 8.27. The molecule has 0 saturated carbocycles. The third-order valence-electron chi connectivity index (χ3n) is 2.31. The third-order valence-corrected chi connectivity index (χ3v) is 3.03. The molecule has 0 unspecified atom stereocenters. The Bertz CT molecular complexity index is 323. The zero-order chi connectivity index (χ0) is 8.72. The monoisotopic (exact) mass is 201 g/mol. The van der Waals surface area contributed by atoms with Gasteiger partial charge in [0, 0.05) is 6.04 Å². The lowest BCUT2D eigenvalue weighted by atomic mass is 10.1. The van der Waals surface area contributed by atoms with Crippen LogP contribution < -0.4 is 5.73 Å². The summed E-state index contributed by atoms with van der Waals surface area (Å²) in [5, 5.41) is 1.23. The Kier molecular flexibility index (Phi) is 2.03. The summed E-state index contributed by atoms with van der Waals surface area (Å²) in [6, 6.07) is 3.96. The molecule has 0 aliphatic heterocycles. The Morgan fingerprint density at radius 2 is 1.92 bits per heavy atom. The van der Waals surface area contributed by atoms with Crippen LogP contribution in [0.4, 0.5) is 0 Å². The van der Waals surface area contributed by atoms with Gasteiger partial charge in [-0.2, -0.15) is 0 Å². The zero-order valence-electron chi connectivity index (χ0n) is 6.48. The summed E-state index contributed by atoms with van der Waals surface area (Å²) in [5.74, 6) is 0. The van der Waals surface area contributed by atoms with Crippen molar-refractivity contribution in [2.45, 2.75) is 18.9 Å². The molecule has 0 fully saturated rings. The van der Waals surface area contributed by atoms with Crippen LogP contribution in [-0.4, -0.2) is 0 Å². The Hall–Kier alpha value is -0.240. The number of hydrogen-bond acceptors (Lipinski definition) is 1. The summed E-state index contributed by atoms with van der Waals surface area (Å²) in [6.07, 6.45) is 2.03. The van der Waals surface area contributed by atoms with E-state index in [1.807, 2.05) is 12.1 Å². The standard InChI is InChI=1S/C9H9Cl2N/c10-7-3-5-1-2-9(12)6(5)4-8(7)11/h3-4,9H,1-2,12H2/t9-/m0/s1. The first-order valence-electron chi connectivity index (χ1n) is 3.92. The lowest BCUT2D eigenvalue weighted by Gasteiger charge is -2.05. The highest BCUT2D eigenvalue weighted by atomic mass is 35.5. The molecular formula is C9H9Cl2N. The van der Waals surface area contributed by atoms with Gasteiger partial charge in [0.15, 0.2) is 0 Å². The van der Waals surface area contributed by atoms with E-state index in [2.05, 4.69) is 0 Å². The van der Waals surface area contributed by atoms with Crippen LogP contribution in [0.15, 0.2) is 12.1 Å². The van der Waals surface area contributed by atoms with E-state index in [1.54, 1.807) is 0 Å². The second-order valence-electron chi connectivity index (χ2n) is 3.11. The maximum Gasteiger partial charge on any atom is 0.0595 e. The molecule has 1 aliphatic rings. The van der Waals surface area contributed by atoms with Crippen LogP contribution in [0.5, 0.6) is 0 Å². The normalized spacial score (nSPS) is 21.1. The number of hydrogen-bond donors (Lipinski definition) is 1. The molecule has 3 heteroatoms. The van der Waals surface area contributed by atoms with E-state index < -0.39 is 0 Å². The predicted octanol–water partition coefficient (Wildman–Crippen LogP) is 2.94. The van der Waals surface area contributed by atoms with Crippen LogP contribution in [0, 0.1) is 0 Å². The second-order valence-corrected chi connectivity index (χ2v) is 3.92. The second kappa shape index (κ2) is 2.91. The van der Waals surface area contributed by atoms with E-state index in [4.69, 9.17) is 28.9 Å². The molecule has 2 N–H and O–H groups in total. The lowest BCUT2D eigenvalue weighted by molar-refractivity contribution is 0.713. The van der Waals surface area contributed by atoms with Crippen molar-refractivity contribution in [1.29, 1.82) is 0 Å². The first kappa shape index (κ1) is 8.36. The number of aryl methyl sites for hydroxylation is 1. The summed E-state index contributed by atoms with van der Waals surface area (Å²) in [7, 11) is 0. The van der Waals surface area contributed by atoms with Gasteiger partial charge >= 0.3 is 0 Å². The number of nitrogens with two attached hydrogens (primary N) is 1. The topological polar surface area (TPSA) is 26.0 Å². The Labute approximate surface area is 81.5 Å². The van der Waals surface area contributed by atoms with Crippen LogP contribution in [0.2, 0.25) is 10.0 Å². The Morgan fingerprint density at radius 3 is 2.67 bits per heavy atom.